The van der Waals surface area contributed by atoms with Crippen LogP contribution in [0.5, 0.6) is 5.75 Å². The lowest BCUT2D eigenvalue weighted by Crippen LogP contribution is -2.51. The molecule has 9 heteroatoms. The molecule has 3 rings (SSSR count). The second-order valence-corrected chi connectivity index (χ2v) is 9.88. The molecule has 0 atom stereocenters. The fourth-order valence-corrected chi connectivity index (χ4v) is 4.10. The number of benzene rings is 2. The second-order valence-electron chi connectivity index (χ2n) is 9.06. The Morgan fingerprint density at radius 2 is 1.71 bits per heavy atom. The van der Waals surface area contributed by atoms with E-state index in [-0.39, 0.29) is 22.3 Å². The van der Waals surface area contributed by atoms with Gasteiger partial charge in [0.25, 0.3) is 5.91 Å². The van der Waals surface area contributed by atoms with E-state index < -0.39 is 0 Å². The summed E-state index contributed by atoms with van der Waals surface area (Å²) in [7, 11) is 0. The van der Waals surface area contributed by atoms with Crippen molar-refractivity contribution in [2.24, 2.45) is 5.41 Å². The van der Waals surface area contributed by atoms with Crippen LogP contribution < -0.4 is 20.3 Å². The number of amides is 2. The minimum Gasteiger partial charge on any atom is -0.492 e. The number of nitrogens with one attached hydrogen (secondary N) is 2. The van der Waals surface area contributed by atoms with E-state index in [1.807, 2.05) is 56.9 Å². The Morgan fingerprint density at radius 3 is 2.26 bits per heavy atom. The molecule has 1 heterocycles. The summed E-state index contributed by atoms with van der Waals surface area (Å²) in [5, 5.41) is 6.25. The quantitative estimate of drug-likeness (QED) is 0.584. The van der Waals surface area contributed by atoms with Crippen LogP contribution in [0.25, 0.3) is 0 Å². The van der Waals surface area contributed by atoms with Crippen molar-refractivity contribution >= 4 is 52.1 Å². The van der Waals surface area contributed by atoms with E-state index in [0.717, 1.165) is 24.5 Å². The van der Waals surface area contributed by atoms with Crippen LogP contribution in [-0.4, -0.2) is 54.6 Å². The van der Waals surface area contributed by atoms with Crippen LogP contribution in [0.3, 0.4) is 0 Å². The molecule has 182 valence electrons. The van der Waals surface area contributed by atoms with Crippen molar-refractivity contribution in [3.05, 3.63) is 53.1 Å². The van der Waals surface area contributed by atoms with Crippen molar-refractivity contribution in [3.8, 4) is 5.75 Å². The first kappa shape index (κ1) is 25.8. The molecule has 2 N–H and O–H groups in total. The molecule has 7 nitrogen and oxygen atoms in total. The number of carbonyl (C=O) groups is 2. The van der Waals surface area contributed by atoms with Crippen LogP contribution in [0, 0.1) is 5.41 Å². The van der Waals surface area contributed by atoms with E-state index in [1.54, 1.807) is 18.2 Å². The molecule has 0 spiro atoms. The predicted molar refractivity (Wildman–Crippen MR) is 141 cm³/mol. The first-order chi connectivity index (χ1) is 16.1. The van der Waals surface area contributed by atoms with E-state index in [0.29, 0.717) is 36.0 Å². The van der Waals surface area contributed by atoms with Crippen molar-refractivity contribution in [1.29, 1.82) is 0 Å². The molecule has 1 aliphatic heterocycles. The highest BCUT2D eigenvalue weighted by Gasteiger charge is 2.29. The first-order valence-electron chi connectivity index (χ1n) is 11.3. The van der Waals surface area contributed by atoms with Crippen LogP contribution in [0.1, 0.15) is 38.1 Å². The highest BCUT2D eigenvalue weighted by molar-refractivity contribution is 7.80. The fourth-order valence-electron chi connectivity index (χ4n) is 3.65. The third kappa shape index (κ3) is 6.61. The molecule has 1 saturated heterocycles. The van der Waals surface area contributed by atoms with Gasteiger partial charge in [0.05, 0.1) is 11.6 Å². The third-order valence-corrected chi connectivity index (χ3v) is 5.92. The summed E-state index contributed by atoms with van der Waals surface area (Å²) in [5.74, 6) is 0.361. The van der Waals surface area contributed by atoms with Crippen LogP contribution in [0.4, 0.5) is 11.4 Å². The number of ether oxygens (including phenoxy) is 1. The SMILES string of the molecule is CCOc1ccc(C(=O)NC(=S)Nc2ccc(N3CCN(C(=O)C(C)(C)C)CC3)cc2)cc1Cl. The second kappa shape index (κ2) is 11.1. The van der Waals surface area contributed by atoms with Gasteiger partial charge < -0.3 is 19.9 Å². The van der Waals surface area contributed by atoms with Gasteiger partial charge in [-0.25, -0.2) is 0 Å². The molecule has 2 aromatic carbocycles. The topological polar surface area (TPSA) is 73.9 Å². The average molecular weight is 503 g/mol. The van der Waals surface area contributed by atoms with Gasteiger partial charge in [0, 0.05) is 48.5 Å². The third-order valence-electron chi connectivity index (χ3n) is 5.42. The van der Waals surface area contributed by atoms with Gasteiger partial charge in [-0.15, -0.1) is 0 Å². The number of halogens is 1. The van der Waals surface area contributed by atoms with Crippen LogP contribution in [0.2, 0.25) is 5.02 Å². The molecule has 1 fully saturated rings. The molecule has 0 aliphatic carbocycles. The number of piperazine rings is 1. The number of anilines is 2. The minimum absolute atomic E-state index is 0.190. The van der Waals surface area contributed by atoms with E-state index in [4.69, 9.17) is 28.6 Å². The maximum atomic E-state index is 12.5. The van der Waals surface area contributed by atoms with Gasteiger partial charge in [-0.1, -0.05) is 32.4 Å². The summed E-state index contributed by atoms with van der Waals surface area (Å²) in [4.78, 5) is 29.2. The Morgan fingerprint density at radius 1 is 1.06 bits per heavy atom. The van der Waals surface area contributed by atoms with Crippen molar-refractivity contribution in [2.45, 2.75) is 27.7 Å². The zero-order valence-electron chi connectivity index (χ0n) is 20.0. The highest BCUT2D eigenvalue weighted by Crippen LogP contribution is 2.26. The Bertz CT molecular complexity index is 1050. The molecule has 34 heavy (non-hydrogen) atoms. The van der Waals surface area contributed by atoms with Gasteiger partial charge in [-0.05, 0) is 61.6 Å². The van der Waals surface area contributed by atoms with Gasteiger partial charge in [-0.3, -0.25) is 14.9 Å². The lowest BCUT2D eigenvalue weighted by atomic mass is 9.94. The predicted octanol–water partition coefficient (Wildman–Crippen LogP) is 4.56. The summed E-state index contributed by atoms with van der Waals surface area (Å²) < 4.78 is 5.39. The largest absolute Gasteiger partial charge is 0.492 e. The fraction of sp³-hybridized carbons (Fsp3) is 0.400. The summed E-state index contributed by atoms with van der Waals surface area (Å²) in [5.41, 5.74) is 1.87. The first-order valence-corrected chi connectivity index (χ1v) is 12.1. The average Bonchev–Trinajstić information content (AvgIpc) is 2.80. The zero-order valence-corrected chi connectivity index (χ0v) is 21.6. The van der Waals surface area contributed by atoms with Crippen molar-refractivity contribution in [2.75, 3.05) is 43.0 Å². The van der Waals surface area contributed by atoms with Crippen LogP contribution in [-0.2, 0) is 4.79 Å². The zero-order chi connectivity index (χ0) is 24.9. The Kier molecular flexibility index (Phi) is 8.38. The van der Waals surface area contributed by atoms with Gasteiger partial charge in [0.15, 0.2) is 5.11 Å². The molecule has 0 radical (unpaired) electrons. The van der Waals surface area contributed by atoms with Crippen molar-refractivity contribution in [1.82, 2.24) is 10.2 Å². The van der Waals surface area contributed by atoms with Crippen LogP contribution >= 0.6 is 23.8 Å². The number of thiocarbonyl (C=S) groups is 1. The molecule has 0 saturated carbocycles. The molecular weight excluding hydrogens is 472 g/mol. The van der Waals surface area contributed by atoms with E-state index >= 15 is 0 Å². The number of carbonyl (C=O) groups excluding carboxylic acids is 2. The van der Waals surface area contributed by atoms with Gasteiger partial charge >= 0.3 is 0 Å². The summed E-state index contributed by atoms with van der Waals surface area (Å²) >= 11 is 11.5. The molecule has 0 unspecified atom stereocenters. The van der Waals surface area contributed by atoms with Gasteiger partial charge in [-0.2, -0.15) is 0 Å². The van der Waals surface area contributed by atoms with Crippen molar-refractivity contribution < 1.29 is 14.3 Å². The number of hydrogen-bond acceptors (Lipinski definition) is 5. The summed E-state index contributed by atoms with van der Waals surface area (Å²) in [6, 6.07) is 12.7. The monoisotopic (exact) mass is 502 g/mol. The number of rotatable bonds is 5. The summed E-state index contributed by atoms with van der Waals surface area (Å²) in [6.07, 6.45) is 0. The smallest absolute Gasteiger partial charge is 0.257 e. The van der Waals surface area contributed by atoms with E-state index in [9.17, 15) is 9.59 Å². The van der Waals surface area contributed by atoms with E-state index in [1.165, 1.54) is 0 Å². The Hall–Kier alpha value is -2.84. The lowest BCUT2D eigenvalue weighted by Gasteiger charge is -2.38. The maximum absolute atomic E-state index is 12.5. The maximum Gasteiger partial charge on any atom is 0.257 e. The number of nitrogens with zero attached hydrogens (tertiary/aromatic N) is 2. The molecule has 2 aromatic rings. The van der Waals surface area contributed by atoms with Crippen molar-refractivity contribution in [3.63, 3.8) is 0 Å². The lowest BCUT2D eigenvalue weighted by molar-refractivity contribution is -0.139. The standard InChI is InChI=1S/C25H31ClN4O3S/c1-5-33-21-11-6-17(16-20(21)26)22(31)28-24(34)27-18-7-9-19(10-8-18)29-12-14-30(15-13-29)23(32)25(2,3)4/h6-11,16H,5,12-15H2,1-4H3,(H2,27,28,31,34). The van der Waals surface area contributed by atoms with E-state index in [2.05, 4.69) is 15.5 Å². The molecular formula is C25H31ClN4O3S. The molecule has 0 aromatic heterocycles. The normalized spacial score (nSPS) is 13.9. The minimum atomic E-state index is -0.359. The van der Waals surface area contributed by atoms with Crippen LogP contribution in [0.15, 0.2) is 42.5 Å². The summed E-state index contributed by atoms with van der Waals surface area (Å²) in [6.45, 7) is 11.2. The highest BCUT2D eigenvalue weighted by atomic mass is 35.5. The van der Waals surface area contributed by atoms with Gasteiger partial charge in [0.1, 0.15) is 5.75 Å². The molecule has 1 aliphatic rings. The Balaban J connectivity index is 1.52. The Labute approximate surface area is 211 Å². The molecule has 2 amide bonds. The number of hydrogen-bond donors (Lipinski definition) is 2. The molecule has 0 bridgehead atoms. The van der Waals surface area contributed by atoms with Gasteiger partial charge in [0.2, 0.25) is 5.91 Å².